The lowest BCUT2D eigenvalue weighted by Gasteiger charge is -2.34. The van der Waals surface area contributed by atoms with Crippen LogP contribution in [0.5, 0.6) is 5.75 Å². The van der Waals surface area contributed by atoms with E-state index < -0.39 is 5.82 Å². The minimum atomic E-state index is -0.502. The second-order valence-corrected chi connectivity index (χ2v) is 9.12. The summed E-state index contributed by atoms with van der Waals surface area (Å²) in [6.07, 6.45) is 3.31. The van der Waals surface area contributed by atoms with E-state index in [4.69, 9.17) is 11.6 Å². The Morgan fingerprint density at radius 3 is 2.67 bits per heavy atom. The molecule has 0 radical (unpaired) electrons. The number of piperazine rings is 1. The lowest BCUT2D eigenvalue weighted by atomic mass is 9.96. The smallest absolute Gasteiger partial charge is 0.246 e. The second-order valence-electron chi connectivity index (χ2n) is 7.96. The fraction of sp³-hybridized carbons (Fsp3) is 0.200. The Morgan fingerprint density at radius 1 is 1.15 bits per heavy atom. The van der Waals surface area contributed by atoms with Crippen LogP contribution in [0.3, 0.4) is 0 Å². The lowest BCUT2D eigenvalue weighted by molar-refractivity contribution is -0.126. The van der Waals surface area contributed by atoms with Crippen LogP contribution in [-0.4, -0.2) is 46.5 Å². The molecule has 0 saturated carbocycles. The van der Waals surface area contributed by atoms with Crippen molar-refractivity contribution in [3.05, 3.63) is 65.5 Å². The van der Waals surface area contributed by atoms with Gasteiger partial charge in [-0.25, -0.2) is 4.39 Å². The van der Waals surface area contributed by atoms with E-state index in [9.17, 15) is 9.90 Å². The number of anilines is 1. The topological polar surface area (TPSA) is 56.7 Å². The number of aromatic nitrogens is 1. The second kappa shape index (κ2) is 8.65. The first-order chi connectivity index (χ1) is 16.0. The number of phenolic OH excluding ortho intramolecular Hbond substituents is 1. The Labute approximate surface area is 199 Å². The summed E-state index contributed by atoms with van der Waals surface area (Å²) in [5, 5.41) is 13.6. The van der Waals surface area contributed by atoms with Crippen LogP contribution in [0.25, 0.3) is 32.8 Å². The summed E-state index contributed by atoms with van der Waals surface area (Å²) in [5.41, 5.74) is 1.02. The molecule has 1 fully saturated rings. The zero-order valence-corrected chi connectivity index (χ0v) is 19.5. The molecule has 0 atom stereocenters. The molecule has 0 spiro atoms. The highest BCUT2D eigenvalue weighted by Gasteiger charge is 2.26. The van der Waals surface area contributed by atoms with Gasteiger partial charge in [0.2, 0.25) is 5.91 Å². The minimum Gasteiger partial charge on any atom is -0.508 e. The highest BCUT2D eigenvalue weighted by Crippen LogP contribution is 2.43. The number of amides is 1. The molecule has 2 heterocycles. The van der Waals surface area contributed by atoms with E-state index in [1.807, 2.05) is 31.2 Å². The van der Waals surface area contributed by atoms with Crippen LogP contribution in [0.2, 0.25) is 5.02 Å². The summed E-state index contributed by atoms with van der Waals surface area (Å²) in [6, 6.07) is 12.4. The fourth-order valence-corrected chi connectivity index (χ4v) is 5.56. The van der Waals surface area contributed by atoms with Crippen molar-refractivity contribution in [2.75, 3.05) is 31.1 Å². The SMILES string of the molecule is C/C=C\C(=O)N1CCN(c2snc3c(F)c(-c4cc(O)cc5ccccc45)c(Cl)cc23)CC1. The van der Waals surface area contributed by atoms with Gasteiger partial charge >= 0.3 is 0 Å². The highest BCUT2D eigenvalue weighted by atomic mass is 35.5. The number of nitrogens with zero attached hydrogens (tertiary/aromatic N) is 3. The number of fused-ring (bicyclic) bond motifs is 2. The third kappa shape index (κ3) is 3.81. The van der Waals surface area contributed by atoms with Gasteiger partial charge in [-0.1, -0.05) is 41.9 Å². The van der Waals surface area contributed by atoms with Crippen LogP contribution < -0.4 is 4.90 Å². The summed E-state index contributed by atoms with van der Waals surface area (Å²) in [4.78, 5) is 16.0. The number of rotatable bonds is 3. The van der Waals surface area contributed by atoms with Gasteiger partial charge in [-0.2, -0.15) is 4.37 Å². The van der Waals surface area contributed by atoms with Crippen molar-refractivity contribution in [3.63, 3.8) is 0 Å². The van der Waals surface area contributed by atoms with Crippen LogP contribution in [0, 0.1) is 5.82 Å². The van der Waals surface area contributed by atoms with Crippen LogP contribution in [0.1, 0.15) is 6.92 Å². The summed E-state index contributed by atoms with van der Waals surface area (Å²) in [7, 11) is 0. The predicted octanol–water partition coefficient (Wildman–Crippen LogP) is 5.84. The molecule has 168 valence electrons. The van der Waals surface area contributed by atoms with Gasteiger partial charge in [0.25, 0.3) is 0 Å². The molecule has 1 aliphatic rings. The Hall–Kier alpha value is -3.16. The maximum atomic E-state index is 15.8. The maximum Gasteiger partial charge on any atom is 0.246 e. The summed E-state index contributed by atoms with van der Waals surface area (Å²) >= 11 is 7.87. The number of allylic oxidation sites excluding steroid dienone is 1. The molecule has 4 aromatic rings. The number of phenols is 1. The van der Waals surface area contributed by atoms with Gasteiger partial charge in [0, 0.05) is 37.1 Å². The molecule has 33 heavy (non-hydrogen) atoms. The molecule has 0 aliphatic carbocycles. The Kier molecular flexibility index (Phi) is 5.68. The van der Waals surface area contributed by atoms with Crippen LogP contribution in [0.15, 0.2) is 54.6 Å². The van der Waals surface area contributed by atoms with Crippen LogP contribution >= 0.6 is 23.1 Å². The molecule has 0 bridgehead atoms. The lowest BCUT2D eigenvalue weighted by Crippen LogP contribution is -2.48. The summed E-state index contributed by atoms with van der Waals surface area (Å²) in [5.74, 6) is -0.454. The highest BCUT2D eigenvalue weighted by molar-refractivity contribution is 7.11. The van der Waals surface area contributed by atoms with E-state index in [1.165, 1.54) is 17.6 Å². The Morgan fingerprint density at radius 2 is 1.91 bits per heavy atom. The van der Waals surface area contributed by atoms with Crippen molar-refractivity contribution in [2.24, 2.45) is 0 Å². The first kappa shape index (κ1) is 21.7. The van der Waals surface area contributed by atoms with Crippen molar-refractivity contribution in [3.8, 4) is 16.9 Å². The normalized spacial score (nSPS) is 14.6. The van der Waals surface area contributed by atoms with Crippen LogP contribution in [-0.2, 0) is 4.79 Å². The van der Waals surface area contributed by atoms with Gasteiger partial charge in [-0.15, -0.1) is 0 Å². The third-order valence-corrected chi connectivity index (χ3v) is 7.17. The van der Waals surface area contributed by atoms with Gasteiger partial charge in [0.05, 0.1) is 5.02 Å². The largest absolute Gasteiger partial charge is 0.508 e. The molecule has 1 amide bonds. The molecule has 1 saturated heterocycles. The van der Waals surface area contributed by atoms with E-state index in [2.05, 4.69) is 9.27 Å². The van der Waals surface area contributed by atoms with Crippen molar-refractivity contribution in [1.29, 1.82) is 0 Å². The fourth-order valence-electron chi connectivity index (χ4n) is 4.35. The zero-order chi connectivity index (χ0) is 23.1. The number of halogens is 2. The molecule has 3 aromatic carbocycles. The summed E-state index contributed by atoms with van der Waals surface area (Å²) < 4.78 is 20.2. The first-order valence-electron chi connectivity index (χ1n) is 10.6. The van der Waals surface area contributed by atoms with E-state index >= 15 is 4.39 Å². The molecular formula is C25H21ClFN3O2S. The van der Waals surface area contributed by atoms with E-state index in [-0.39, 0.29) is 27.8 Å². The van der Waals surface area contributed by atoms with Gasteiger partial charge in [0.15, 0.2) is 5.82 Å². The van der Waals surface area contributed by atoms with E-state index in [1.54, 1.807) is 29.2 Å². The van der Waals surface area contributed by atoms with Crippen molar-refractivity contribution in [2.45, 2.75) is 6.92 Å². The number of carbonyl (C=O) groups is 1. The van der Waals surface area contributed by atoms with Gasteiger partial charge in [-0.05, 0) is 59.1 Å². The molecule has 1 aliphatic heterocycles. The van der Waals surface area contributed by atoms with Crippen molar-refractivity contribution >= 4 is 55.7 Å². The van der Waals surface area contributed by atoms with Gasteiger partial charge in [-0.3, -0.25) is 4.79 Å². The number of hydrogen-bond donors (Lipinski definition) is 1. The Bertz CT molecular complexity index is 1410. The van der Waals surface area contributed by atoms with E-state index in [0.717, 1.165) is 15.8 Å². The average molecular weight is 482 g/mol. The van der Waals surface area contributed by atoms with Crippen LogP contribution in [0.4, 0.5) is 9.39 Å². The number of carbonyl (C=O) groups excluding carboxylic acids is 1. The van der Waals surface area contributed by atoms with Gasteiger partial charge in [0.1, 0.15) is 16.3 Å². The maximum absolute atomic E-state index is 15.8. The average Bonchev–Trinajstić information content (AvgIpc) is 3.23. The first-order valence-corrected chi connectivity index (χ1v) is 11.8. The van der Waals surface area contributed by atoms with Crippen molar-refractivity contribution in [1.82, 2.24) is 9.27 Å². The van der Waals surface area contributed by atoms with Crippen molar-refractivity contribution < 1.29 is 14.3 Å². The molecule has 1 aromatic heterocycles. The van der Waals surface area contributed by atoms with Gasteiger partial charge < -0.3 is 14.9 Å². The predicted molar refractivity (Wildman–Crippen MR) is 133 cm³/mol. The number of hydrogen-bond acceptors (Lipinski definition) is 5. The standard InChI is InChI=1S/C25H21ClFN3O2S/c1-2-5-21(32)29-8-10-30(11-9-29)25-19-14-20(26)22(23(27)24(19)28-33-25)18-13-16(31)12-15-6-3-4-7-17(15)18/h2-7,12-14,31H,8-11H2,1H3/b5-2-. The molecule has 8 heteroatoms. The zero-order valence-electron chi connectivity index (χ0n) is 17.9. The van der Waals surface area contributed by atoms with E-state index in [0.29, 0.717) is 37.1 Å². The molecule has 5 nitrogen and oxygen atoms in total. The monoisotopic (exact) mass is 481 g/mol. The number of benzene rings is 3. The molecule has 0 unspecified atom stereocenters. The molecule has 5 rings (SSSR count). The molecule has 1 N–H and O–H groups in total. The molecular weight excluding hydrogens is 461 g/mol. The quantitative estimate of drug-likeness (QED) is 0.373. The third-order valence-electron chi connectivity index (χ3n) is 5.95. The number of aromatic hydroxyl groups is 1. The minimum absolute atomic E-state index is 0.00313. The Balaban J connectivity index is 1.55. The summed E-state index contributed by atoms with van der Waals surface area (Å²) in [6.45, 7) is 4.28.